The van der Waals surface area contributed by atoms with Crippen LogP contribution < -0.4 is 4.90 Å². The van der Waals surface area contributed by atoms with Gasteiger partial charge in [-0.05, 0) is 36.6 Å². The van der Waals surface area contributed by atoms with E-state index in [4.69, 9.17) is 5.26 Å². The summed E-state index contributed by atoms with van der Waals surface area (Å²) in [4.78, 5) is 13.6. The minimum atomic E-state index is 0.194. The average Bonchev–Trinajstić information content (AvgIpc) is 2.32. The van der Waals surface area contributed by atoms with E-state index < -0.39 is 0 Å². The predicted molar refractivity (Wildman–Crippen MR) is 62.1 cm³/mol. The largest absolute Gasteiger partial charge is 0.312 e. The minimum Gasteiger partial charge on any atom is -0.312 e. The van der Waals surface area contributed by atoms with Crippen LogP contribution in [-0.2, 0) is 11.2 Å². The molecular formula is C13H14N2O. The van der Waals surface area contributed by atoms with Crippen LogP contribution in [0.25, 0.3) is 0 Å². The van der Waals surface area contributed by atoms with Gasteiger partial charge in [-0.15, -0.1) is 0 Å². The lowest BCUT2D eigenvalue weighted by molar-refractivity contribution is -0.118. The third-order valence-electron chi connectivity index (χ3n) is 2.86. The van der Waals surface area contributed by atoms with Crippen LogP contribution in [0.5, 0.6) is 0 Å². The Morgan fingerprint density at radius 1 is 1.44 bits per heavy atom. The van der Waals surface area contributed by atoms with E-state index in [0.29, 0.717) is 12.0 Å². The summed E-state index contributed by atoms with van der Waals surface area (Å²) >= 11 is 0. The first-order valence-corrected chi connectivity index (χ1v) is 5.59. The molecule has 0 atom stereocenters. The van der Waals surface area contributed by atoms with Gasteiger partial charge in [-0.1, -0.05) is 6.92 Å². The van der Waals surface area contributed by atoms with Gasteiger partial charge in [0.2, 0.25) is 5.91 Å². The molecule has 0 bridgehead atoms. The second kappa shape index (κ2) is 4.36. The van der Waals surface area contributed by atoms with E-state index in [2.05, 4.69) is 13.0 Å². The highest BCUT2D eigenvalue weighted by Gasteiger charge is 2.23. The fourth-order valence-electron chi connectivity index (χ4n) is 2.10. The number of aryl methyl sites for hydroxylation is 1. The third-order valence-corrected chi connectivity index (χ3v) is 2.86. The zero-order chi connectivity index (χ0) is 11.5. The topological polar surface area (TPSA) is 44.1 Å². The first-order valence-electron chi connectivity index (χ1n) is 5.59. The lowest BCUT2D eigenvalue weighted by Crippen LogP contribution is -2.35. The molecule has 1 aliphatic rings. The quantitative estimate of drug-likeness (QED) is 0.757. The Kier molecular flexibility index (Phi) is 2.91. The number of anilines is 1. The standard InChI is InChI=1S/C13H14N2O/c1-2-7-15-12-5-3-10(9-14)8-11(12)4-6-13(15)16/h3,5,8H,2,4,6-7H2,1H3. The highest BCUT2D eigenvalue weighted by atomic mass is 16.2. The lowest BCUT2D eigenvalue weighted by Gasteiger charge is -2.29. The van der Waals surface area contributed by atoms with Crippen LogP contribution in [0, 0.1) is 11.3 Å². The van der Waals surface area contributed by atoms with Crippen molar-refractivity contribution in [2.75, 3.05) is 11.4 Å². The number of nitrogens with zero attached hydrogens (tertiary/aromatic N) is 2. The molecule has 1 aromatic rings. The number of benzene rings is 1. The smallest absolute Gasteiger partial charge is 0.227 e. The number of fused-ring (bicyclic) bond motifs is 1. The van der Waals surface area contributed by atoms with Gasteiger partial charge in [0.25, 0.3) is 0 Å². The van der Waals surface area contributed by atoms with E-state index in [9.17, 15) is 4.79 Å². The summed E-state index contributed by atoms with van der Waals surface area (Å²) in [6.45, 7) is 2.82. The van der Waals surface area contributed by atoms with E-state index in [1.807, 2.05) is 17.0 Å². The van der Waals surface area contributed by atoms with Crippen molar-refractivity contribution in [3.8, 4) is 6.07 Å². The molecule has 0 spiro atoms. The number of amides is 1. The number of nitriles is 1. The first-order chi connectivity index (χ1) is 7.76. The van der Waals surface area contributed by atoms with Crippen LogP contribution in [0.3, 0.4) is 0 Å². The average molecular weight is 214 g/mol. The molecule has 0 aromatic heterocycles. The predicted octanol–water partition coefficient (Wildman–Crippen LogP) is 2.25. The molecule has 1 aromatic carbocycles. The molecule has 16 heavy (non-hydrogen) atoms. The number of rotatable bonds is 2. The van der Waals surface area contributed by atoms with Crippen molar-refractivity contribution < 1.29 is 4.79 Å². The molecule has 1 heterocycles. The Morgan fingerprint density at radius 2 is 2.25 bits per heavy atom. The van der Waals surface area contributed by atoms with Crippen molar-refractivity contribution in [2.45, 2.75) is 26.2 Å². The maximum absolute atomic E-state index is 11.8. The van der Waals surface area contributed by atoms with Crippen molar-refractivity contribution in [1.82, 2.24) is 0 Å². The van der Waals surface area contributed by atoms with Crippen LogP contribution in [0.15, 0.2) is 18.2 Å². The first kappa shape index (κ1) is 10.7. The van der Waals surface area contributed by atoms with E-state index in [0.717, 1.165) is 30.6 Å². The molecule has 1 aliphatic heterocycles. The molecule has 3 heteroatoms. The van der Waals surface area contributed by atoms with Crippen molar-refractivity contribution >= 4 is 11.6 Å². The molecule has 0 saturated carbocycles. The highest BCUT2D eigenvalue weighted by molar-refractivity contribution is 5.96. The molecule has 3 nitrogen and oxygen atoms in total. The highest BCUT2D eigenvalue weighted by Crippen LogP contribution is 2.28. The van der Waals surface area contributed by atoms with Gasteiger partial charge >= 0.3 is 0 Å². The summed E-state index contributed by atoms with van der Waals surface area (Å²) < 4.78 is 0. The van der Waals surface area contributed by atoms with Gasteiger partial charge in [0.05, 0.1) is 11.6 Å². The van der Waals surface area contributed by atoms with E-state index in [1.165, 1.54) is 0 Å². The third kappa shape index (κ3) is 1.79. The summed E-state index contributed by atoms with van der Waals surface area (Å²) in [5, 5.41) is 8.83. The zero-order valence-corrected chi connectivity index (χ0v) is 9.36. The fraction of sp³-hybridized carbons (Fsp3) is 0.385. The molecular weight excluding hydrogens is 200 g/mol. The fourth-order valence-corrected chi connectivity index (χ4v) is 2.10. The van der Waals surface area contributed by atoms with Gasteiger partial charge in [0, 0.05) is 18.7 Å². The summed E-state index contributed by atoms with van der Waals surface area (Å²) in [5.74, 6) is 0.194. The van der Waals surface area contributed by atoms with Gasteiger partial charge in [0.15, 0.2) is 0 Å². The minimum absolute atomic E-state index is 0.194. The van der Waals surface area contributed by atoms with Gasteiger partial charge in [0.1, 0.15) is 0 Å². The Hall–Kier alpha value is -1.82. The SMILES string of the molecule is CCCN1C(=O)CCc2cc(C#N)ccc21. The van der Waals surface area contributed by atoms with Crippen molar-refractivity contribution in [3.63, 3.8) is 0 Å². The van der Waals surface area contributed by atoms with Gasteiger partial charge in [-0.3, -0.25) is 4.79 Å². The molecule has 0 radical (unpaired) electrons. The van der Waals surface area contributed by atoms with Crippen molar-refractivity contribution in [1.29, 1.82) is 5.26 Å². The Balaban J connectivity index is 2.41. The summed E-state index contributed by atoms with van der Waals surface area (Å²) in [6, 6.07) is 7.69. The molecule has 0 fully saturated rings. The Morgan fingerprint density at radius 3 is 2.94 bits per heavy atom. The second-order valence-corrected chi connectivity index (χ2v) is 4.00. The van der Waals surface area contributed by atoms with E-state index in [-0.39, 0.29) is 5.91 Å². The normalized spacial score (nSPS) is 14.5. The van der Waals surface area contributed by atoms with E-state index in [1.54, 1.807) is 6.07 Å². The number of hydrogen-bond donors (Lipinski definition) is 0. The molecule has 0 saturated heterocycles. The summed E-state index contributed by atoms with van der Waals surface area (Å²) in [6.07, 6.45) is 2.26. The monoisotopic (exact) mass is 214 g/mol. The molecule has 0 aliphatic carbocycles. The van der Waals surface area contributed by atoms with Gasteiger partial charge < -0.3 is 4.90 Å². The Bertz CT molecular complexity index is 459. The summed E-state index contributed by atoms with van der Waals surface area (Å²) in [7, 11) is 0. The molecule has 82 valence electrons. The Labute approximate surface area is 95.3 Å². The van der Waals surface area contributed by atoms with E-state index >= 15 is 0 Å². The molecule has 1 amide bonds. The van der Waals surface area contributed by atoms with Crippen LogP contribution in [0.1, 0.15) is 30.9 Å². The maximum atomic E-state index is 11.8. The number of hydrogen-bond acceptors (Lipinski definition) is 2. The van der Waals surface area contributed by atoms with Crippen LogP contribution in [0.4, 0.5) is 5.69 Å². The molecule has 2 rings (SSSR count). The zero-order valence-electron chi connectivity index (χ0n) is 9.36. The van der Waals surface area contributed by atoms with Crippen LogP contribution >= 0.6 is 0 Å². The number of carbonyl (C=O) groups is 1. The lowest BCUT2D eigenvalue weighted by atomic mass is 9.99. The van der Waals surface area contributed by atoms with Crippen LogP contribution in [0.2, 0.25) is 0 Å². The van der Waals surface area contributed by atoms with Gasteiger partial charge in [-0.2, -0.15) is 5.26 Å². The second-order valence-electron chi connectivity index (χ2n) is 4.00. The molecule has 0 unspecified atom stereocenters. The number of carbonyl (C=O) groups excluding carboxylic acids is 1. The van der Waals surface area contributed by atoms with Crippen molar-refractivity contribution in [2.24, 2.45) is 0 Å². The molecule has 0 N–H and O–H groups in total. The van der Waals surface area contributed by atoms with Crippen molar-refractivity contribution in [3.05, 3.63) is 29.3 Å². The maximum Gasteiger partial charge on any atom is 0.227 e. The van der Waals surface area contributed by atoms with Gasteiger partial charge in [-0.25, -0.2) is 0 Å². The van der Waals surface area contributed by atoms with Crippen LogP contribution in [-0.4, -0.2) is 12.5 Å². The summed E-state index contributed by atoms with van der Waals surface area (Å²) in [5.41, 5.74) is 2.77.